The standard InChI is InChI=1S/C14H19NO2/c1-11(12-5-3-2-4-6-12)17-14(16)13-7-9-15-10-8-13/h2-6,11,13,15H,7-10H2,1H3. The molecule has 0 bridgehead atoms. The molecule has 0 aromatic heterocycles. The number of esters is 1. The van der Waals surface area contributed by atoms with Crippen molar-refractivity contribution in [2.24, 2.45) is 5.92 Å². The van der Waals surface area contributed by atoms with Crippen molar-refractivity contribution in [3.05, 3.63) is 35.9 Å². The van der Waals surface area contributed by atoms with Gasteiger partial charge in [0.15, 0.2) is 0 Å². The molecule has 1 aromatic carbocycles. The third-order valence-electron chi connectivity index (χ3n) is 3.23. The molecule has 1 N–H and O–H groups in total. The summed E-state index contributed by atoms with van der Waals surface area (Å²) >= 11 is 0. The summed E-state index contributed by atoms with van der Waals surface area (Å²) in [5.74, 6) is 0.0188. The molecule has 2 rings (SSSR count). The van der Waals surface area contributed by atoms with Gasteiger partial charge in [-0.3, -0.25) is 4.79 Å². The number of rotatable bonds is 3. The minimum atomic E-state index is -0.154. The van der Waals surface area contributed by atoms with Gasteiger partial charge in [0.25, 0.3) is 0 Å². The second kappa shape index (κ2) is 5.82. The summed E-state index contributed by atoms with van der Waals surface area (Å²) in [5, 5.41) is 3.25. The Balaban J connectivity index is 1.89. The van der Waals surface area contributed by atoms with Gasteiger partial charge in [0, 0.05) is 0 Å². The molecule has 1 fully saturated rings. The minimum absolute atomic E-state index is 0.0529. The predicted molar refractivity (Wildman–Crippen MR) is 66.5 cm³/mol. The van der Waals surface area contributed by atoms with Gasteiger partial charge in [-0.2, -0.15) is 0 Å². The Morgan fingerprint density at radius 2 is 1.94 bits per heavy atom. The lowest BCUT2D eigenvalue weighted by atomic mass is 9.98. The number of ether oxygens (including phenoxy) is 1. The van der Waals surface area contributed by atoms with E-state index in [9.17, 15) is 4.79 Å². The number of hydrogen-bond donors (Lipinski definition) is 1. The Kier molecular flexibility index (Phi) is 4.15. The molecule has 0 amide bonds. The molecule has 1 heterocycles. The zero-order chi connectivity index (χ0) is 12.1. The second-order valence-corrected chi connectivity index (χ2v) is 4.51. The highest BCUT2D eigenvalue weighted by Crippen LogP contribution is 2.21. The Bertz CT molecular complexity index is 358. The summed E-state index contributed by atoms with van der Waals surface area (Å²) in [6.07, 6.45) is 1.62. The average molecular weight is 233 g/mol. The first-order valence-electron chi connectivity index (χ1n) is 6.23. The van der Waals surface area contributed by atoms with Crippen LogP contribution in [0.4, 0.5) is 0 Å². The van der Waals surface area contributed by atoms with E-state index in [1.54, 1.807) is 0 Å². The Morgan fingerprint density at radius 3 is 2.59 bits per heavy atom. The van der Waals surface area contributed by atoms with Gasteiger partial charge >= 0.3 is 5.97 Å². The van der Waals surface area contributed by atoms with Crippen molar-refractivity contribution in [1.82, 2.24) is 5.32 Å². The van der Waals surface area contributed by atoms with E-state index in [1.165, 1.54) is 0 Å². The van der Waals surface area contributed by atoms with Crippen molar-refractivity contribution in [2.75, 3.05) is 13.1 Å². The van der Waals surface area contributed by atoms with E-state index >= 15 is 0 Å². The van der Waals surface area contributed by atoms with Crippen LogP contribution in [0.3, 0.4) is 0 Å². The number of carbonyl (C=O) groups is 1. The van der Waals surface area contributed by atoms with E-state index in [0.717, 1.165) is 31.5 Å². The molecule has 1 unspecified atom stereocenters. The summed E-state index contributed by atoms with van der Waals surface area (Å²) in [7, 11) is 0. The minimum Gasteiger partial charge on any atom is -0.458 e. The summed E-state index contributed by atoms with van der Waals surface area (Å²) in [4.78, 5) is 11.9. The molecular formula is C14H19NO2. The van der Waals surface area contributed by atoms with Crippen LogP contribution >= 0.6 is 0 Å². The summed E-state index contributed by atoms with van der Waals surface area (Å²) in [6.45, 7) is 3.76. The Hall–Kier alpha value is -1.35. The van der Waals surface area contributed by atoms with Crippen LogP contribution in [-0.2, 0) is 9.53 Å². The monoisotopic (exact) mass is 233 g/mol. The molecule has 1 atom stereocenters. The van der Waals surface area contributed by atoms with Gasteiger partial charge < -0.3 is 10.1 Å². The maximum Gasteiger partial charge on any atom is 0.309 e. The highest BCUT2D eigenvalue weighted by molar-refractivity contribution is 5.72. The zero-order valence-corrected chi connectivity index (χ0v) is 10.2. The first kappa shape index (κ1) is 12.1. The molecule has 1 aliphatic heterocycles. The molecule has 1 aromatic rings. The maximum absolute atomic E-state index is 11.9. The highest BCUT2D eigenvalue weighted by atomic mass is 16.5. The van der Waals surface area contributed by atoms with Crippen LogP contribution in [-0.4, -0.2) is 19.1 Å². The number of hydrogen-bond acceptors (Lipinski definition) is 3. The van der Waals surface area contributed by atoms with Crippen molar-refractivity contribution in [2.45, 2.75) is 25.9 Å². The first-order valence-corrected chi connectivity index (χ1v) is 6.23. The molecule has 92 valence electrons. The first-order chi connectivity index (χ1) is 8.27. The van der Waals surface area contributed by atoms with Crippen LogP contribution in [0.5, 0.6) is 0 Å². The number of nitrogens with one attached hydrogen (secondary N) is 1. The van der Waals surface area contributed by atoms with Gasteiger partial charge in [-0.15, -0.1) is 0 Å². The van der Waals surface area contributed by atoms with Crippen LogP contribution in [0.2, 0.25) is 0 Å². The van der Waals surface area contributed by atoms with E-state index < -0.39 is 0 Å². The molecule has 1 saturated heterocycles. The third kappa shape index (κ3) is 3.30. The molecule has 3 nitrogen and oxygen atoms in total. The van der Waals surface area contributed by atoms with Gasteiger partial charge in [0.05, 0.1) is 5.92 Å². The van der Waals surface area contributed by atoms with Crippen molar-refractivity contribution in [3.63, 3.8) is 0 Å². The Labute approximate surface area is 102 Å². The SMILES string of the molecule is CC(OC(=O)C1CCNCC1)c1ccccc1. The molecule has 0 spiro atoms. The van der Waals surface area contributed by atoms with E-state index in [4.69, 9.17) is 4.74 Å². The highest BCUT2D eigenvalue weighted by Gasteiger charge is 2.24. The summed E-state index contributed by atoms with van der Waals surface area (Å²) < 4.78 is 5.51. The van der Waals surface area contributed by atoms with Crippen LogP contribution in [0.15, 0.2) is 30.3 Å². The van der Waals surface area contributed by atoms with Gasteiger partial charge in [-0.25, -0.2) is 0 Å². The predicted octanol–water partition coefficient (Wildman–Crippen LogP) is 2.29. The van der Waals surface area contributed by atoms with Gasteiger partial charge in [0.2, 0.25) is 0 Å². The van der Waals surface area contributed by atoms with Crippen LogP contribution < -0.4 is 5.32 Å². The average Bonchev–Trinajstić information content (AvgIpc) is 2.40. The fraction of sp³-hybridized carbons (Fsp3) is 0.500. The molecule has 17 heavy (non-hydrogen) atoms. The van der Waals surface area contributed by atoms with Gasteiger partial charge in [-0.1, -0.05) is 30.3 Å². The fourth-order valence-electron chi connectivity index (χ4n) is 2.12. The second-order valence-electron chi connectivity index (χ2n) is 4.51. The smallest absolute Gasteiger partial charge is 0.309 e. The fourth-order valence-corrected chi connectivity index (χ4v) is 2.12. The molecule has 0 aliphatic carbocycles. The van der Waals surface area contributed by atoms with Gasteiger partial charge in [0.1, 0.15) is 6.10 Å². The molecule has 1 aliphatic rings. The van der Waals surface area contributed by atoms with Crippen molar-refractivity contribution >= 4 is 5.97 Å². The van der Waals surface area contributed by atoms with Crippen molar-refractivity contribution in [3.8, 4) is 0 Å². The number of benzene rings is 1. The molecule has 3 heteroatoms. The van der Waals surface area contributed by atoms with E-state index in [2.05, 4.69) is 5.32 Å². The lowest BCUT2D eigenvalue weighted by Crippen LogP contribution is -2.33. The van der Waals surface area contributed by atoms with E-state index in [0.29, 0.717) is 0 Å². The molecule has 0 saturated carbocycles. The Morgan fingerprint density at radius 1 is 1.29 bits per heavy atom. The van der Waals surface area contributed by atoms with E-state index in [-0.39, 0.29) is 18.0 Å². The van der Waals surface area contributed by atoms with Crippen molar-refractivity contribution in [1.29, 1.82) is 0 Å². The quantitative estimate of drug-likeness (QED) is 0.814. The largest absolute Gasteiger partial charge is 0.458 e. The van der Waals surface area contributed by atoms with E-state index in [1.807, 2.05) is 37.3 Å². The normalized spacial score (nSPS) is 18.6. The maximum atomic E-state index is 11.9. The summed E-state index contributed by atoms with van der Waals surface area (Å²) in [5.41, 5.74) is 1.05. The van der Waals surface area contributed by atoms with Gasteiger partial charge in [-0.05, 0) is 38.4 Å². The topological polar surface area (TPSA) is 38.3 Å². The number of piperidine rings is 1. The number of carbonyl (C=O) groups excluding carboxylic acids is 1. The molecular weight excluding hydrogens is 214 g/mol. The molecule has 0 radical (unpaired) electrons. The lowest BCUT2D eigenvalue weighted by molar-refractivity contribution is -0.154. The third-order valence-corrected chi connectivity index (χ3v) is 3.23. The van der Waals surface area contributed by atoms with Crippen LogP contribution in [0.25, 0.3) is 0 Å². The van der Waals surface area contributed by atoms with Crippen molar-refractivity contribution < 1.29 is 9.53 Å². The lowest BCUT2D eigenvalue weighted by Gasteiger charge is -2.23. The van der Waals surface area contributed by atoms with Crippen LogP contribution in [0, 0.1) is 5.92 Å². The zero-order valence-electron chi connectivity index (χ0n) is 10.2. The summed E-state index contributed by atoms with van der Waals surface area (Å²) in [6, 6.07) is 9.86. The van der Waals surface area contributed by atoms with Crippen LogP contribution in [0.1, 0.15) is 31.4 Å².